The highest BCUT2D eigenvalue weighted by atomic mass is 32.1. The Labute approximate surface area is 105 Å². The van der Waals surface area contributed by atoms with Crippen molar-refractivity contribution in [2.75, 3.05) is 19.0 Å². The first-order chi connectivity index (χ1) is 7.93. The van der Waals surface area contributed by atoms with Crippen LogP contribution in [0.1, 0.15) is 31.2 Å². The van der Waals surface area contributed by atoms with Gasteiger partial charge in [-0.15, -0.1) is 0 Å². The van der Waals surface area contributed by atoms with Gasteiger partial charge in [0.15, 0.2) is 0 Å². The van der Waals surface area contributed by atoms with E-state index in [1.165, 1.54) is 24.8 Å². The summed E-state index contributed by atoms with van der Waals surface area (Å²) < 4.78 is 5.58. The second-order valence-corrected chi connectivity index (χ2v) is 4.43. The quantitative estimate of drug-likeness (QED) is 0.509. The van der Waals surface area contributed by atoms with E-state index in [1.807, 2.05) is 0 Å². The van der Waals surface area contributed by atoms with Gasteiger partial charge in [0.25, 0.3) is 0 Å². The van der Waals surface area contributed by atoms with Crippen molar-refractivity contribution in [2.24, 2.45) is 0 Å². The highest BCUT2D eigenvalue weighted by molar-refractivity contribution is 7.80. The summed E-state index contributed by atoms with van der Waals surface area (Å²) in [4.78, 5) is 0. The molecule has 0 N–H and O–H groups in total. The molecule has 1 nitrogen and oxygen atoms in total. The molecule has 0 fully saturated rings. The van der Waals surface area contributed by atoms with Crippen LogP contribution in [0.3, 0.4) is 0 Å². The van der Waals surface area contributed by atoms with Crippen LogP contribution in [0.5, 0.6) is 0 Å². The number of ether oxygens (including phenoxy) is 1. The fourth-order valence-electron chi connectivity index (χ4n) is 1.62. The fourth-order valence-corrected chi connectivity index (χ4v) is 1.84. The zero-order valence-corrected chi connectivity index (χ0v) is 10.8. The molecule has 0 aromatic heterocycles. The van der Waals surface area contributed by atoms with Crippen LogP contribution in [-0.4, -0.2) is 19.0 Å². The number of benzene rings is 1. The Balaban J connectivity index is 1.89. The van der Waals surface area contributed by atoms with Crippen LogP contribution in [0, 0.1) is 0 Å². The Morgan fingerprint density at radius 1 is 0.875 bits per heavy atom. The van der Waals surface area contributed by atoms with Gasteiger partial charge in [-0.2, -0.15) is 12.6 Å². The second-order valence-electron chi connectivity index (χ2n) is 3.99. The summed E-state index contributed by atoms with van der Waals surface area (Å²) in [5.41, 5.74) is 1.40. The van der Waals surface area contributed by atoms with Gasteiger partial charge in [0.05, 0.1) is 0 Å². The molecular weight excluding hydrogens is 216 g/mol. The maximum absolute atomic E-state index is 5.58. The second kappa shape index (κ2) is 9.73. The third kappa shape index (κ3) is 6.91. The van der Waals surface area contributed by atoms with Crippen molar-refractivity contribution in [3.63, 3.8) is 0 Å². The topological polar surface area (TPSA) is 9.23 Å². The third-order valence-electron chi connectivity index (χ3n) is 2.54. The number of hydrogen-bond acceptors (Lipinski definition) is 2. The van der Waals surface area contributed by atoms with E-state index in [1.54, 1.807) is 0 Å². The van der Waals surface area contributed by atoms with Crippen molar-refractivity contribution in [1.29, 1.82) is 0 Å². The smallest absolute Gasteiger partial charge is 0.0469 e. The molecule has 0 atom stereocenters. The Kier molecular flexibility index (Phi) is 8.27. The van der Waals surface area contributed by atoms with E-state index in [0.717, 1.165) is 31.8 Å². The van der Waals surface area contributed by atoms with Gasteiger partial charge < -0.3 is 4.74 Å². The van der Waals surface area contributed by atoms with Gasteiger partial charge >= 0.3 is 0 Å². The molecule has 1 rings (SSSR count). The molecule has 0 saturated carbocycles. The van der Waals surface area contributed by atoms with E-state index in [9.17, 15) is 0 Å². The third-order valence-corrected chi connectivity index (χ3v) is 2.86. The Bertz CT molecular complexity index is 248. The molecule has 0 aliphatic heterocycles. The minimum absolute atomic E-state index is 0.885. The van der Waals surface area contributed by atoms with Crippen LogP contribution in [0.15, 0.2) is 30.3 Å². The highest BCUT2D eigenvalue weighted by Crippen LogP contribution is 2.03. The summed E-state index contributed by atoms with van der Waals surface area (Å²) in [5, 5.41) is 0. The monoisotopic (exact) mass is 238 g/mol. The molecule has 90 valence electrons. The van der Waals surface area contributed by atoms with Crippen LogP contribution in [0.4, 0.5) is 0 Å². The van der Waals surface area contributed by atoms with E-state index < -0.39 is 0 Å². The van der Waals surface area contributed by atoms with Gasteiger partial charge in [-0.3, -0.25) is 0 Å². The molecule has 0 aliphatic carbocycles. The summed E-state index contributed by atoms with van der Waals surface area (Å²) in [6, 6.07) is 10.6. The zero-order valence-electron chi connectivity index (χ0n) is 9.90. The van der Waals surface area contributed by atoms with Crippen LogP contribution >= 0.6 is 12.6 Å². The van der Waals surface area contributed by atoms with Crippen LogP contribution in [0.2, 0.25) is 0 Å². The van der Waals surface area contributed by atoms with Crippen molar-refractivity contribution in [3.05, 3.63) is 35.9 Å². The molecule has 2 heteroatoms. The van der Waals surface area contributed by atoms with E-state index in [4.69, 9.17) is 4.74 Å². The van der Waals surface area contributed by atoms with E-state index in [0.29, 0.717) is 0 Å². The van der Waals surface area contributed by atoms with Crippen molar-refractivity contribution < 1.29 is 4.74 Å². The van der Waals surface area contributed by atoms with Crippen LogP contribution < -0.4 is 0 Å². The first-order valence-electron chi connectivity index (χ1n) is 6.16. The molecule has 1 aromatic carbocycles. The average Bonchev–Trinajstić information content (AvgIpc) is 2.34. The lowest BCUT2D eigenvalue weighted by Crippen LogP contribution is -1.99. The van der Waals surface area contributed by atoms with Gasteiger partial charge in [-0.05, 0) is 37.0 Å². The molecule has 1 aromatic rings. The highest BCUT2D eigenvalue weighted by Gasteiger charge is 1.93. The Morgan fingerprint density at radius 2 is 1.62 bits per heavy atom. The molecule has 0 aliphatic rings. The van der Waals surface area contributed by atoms with Gasteiger partial charge in [-0.25, -0.2) is 0 Å². The van der Waals surface area contributed by atoms with Gasteiger partial charge in [0.2, 0.25) is 0 Å². The van der Waals surface area contributed by atoms with Crippen molar-refractivity contribution in [1.82, 2.24) is 0 Å². The van der Waals surface area contributed by atoms with Crippen molar-refractivity contribution >= 4 is 12.6 Å². The van der Waals surface area contributed by atoms with Gasteiger partial charge in [0, 0.05) is 13.2 Å². The fraction of sp³-hybridized carbons (Fsp3) is 0.571. The molecule has 0 bridgehead atoms. The Hall–Kier alpha value is -0.470. The summed E-state index contributed by atoms with van der Waals surface area (Å²) in [6.07, 6.45) is 5.86. The maximum atomic E-state index is 5.58. The largest absolute Gasteiger partial charge is 0.381 e. The zero-order chi connectivity index (χ0) is 11.5. The van der Waals surface area contributed by atoms with Crippen LogP contribution in [-0.2, 0) is 11.2 Å². The van der Waals surface area contributed by atoms with Crippen molar-refractivity contribution in [2.45, 2.75) is 32.1 Å². The number of thiol groups is 1. The van der Waals surface area contributed by atoms with Gasteiger partial charge in [0.1, 0.15) is 0 Å². The molecule has 0 unspecified atom stereocenters. The average molecular weight is 238 g/mol. The summed E-state index contributed by atoms with van der Waals surface area (Å²) in [7, 11) is 0. The molecule has 16 heavy (non-hydrogen) atoms. The molecule has 0 amide bonds. The molecule has 0 radical (unpaired) electrons. The van der Waals surface area contributed by atoms with E-state index >= 15 is 0 Å². The Morgan fingerprint density at radius 3 is 2.38 bits per heavy atom. The SMILES string of the molecule is SCCCCCOCCCc1ccccc1. The standard InChI is InChI=1S/C14H22OS/c16-13-6-2-5-11-15-12-7-10-14-8-3-1-4-9-14/h1,3-4,8-9,16H,2,5-7,10-13H2. The number of hydrogen-bond donors (Lipinski definition) is 1. The van der Waals surface area contributed by atoms with Gasteiger partial charge in [-0.1, -0.05) is 36.8 Å². The lowest BCUT2D eigenvalue weighted by molar-refractivity contribution is 0.128. The lowest BCUT2D eigenvalue weighted by Gasteiger charge is -2.04. The minimum atomic E-state index is 0.885. The summed E-state index contributed by atoms with van der Waals surface area (Å²) >= 11 is 4.18. The number of unbranched alkanes of at least 4 members (excludes halogenated alkanes) is 2. The maximum Gasteiger partial charge on any atom is 0.0469 e. The predicted octanol–water partition coefficient (Wildman–Crippen LogP) is 3.74. The molecule has 0 saturated heterocycles. The predicted molar refractivity (Wildman–Crippen MR) is 73.3 cm³/mol. The summed E-state index contributed by atoms with van der Waals surface area (Å²) in [6.45, 7) is 1.79. The van der Waals surface area contributed by atoms with Crippen molar-refractivity contribution in [3.8, 4) is 0 Å². The number of rotatable bonds is 9. The molecule has 0 heterocycles. The minimum Gasteiger partial charge on any atom is -0.381 e. The number of aryl methyl sites for hydroxylation is 1. The summed E-state index contributed by atoms with van der Waals surface area (Å²) in [5.74, 6) is 0.994. The first-order valence-corrected chi connectivity index (χ1v) is 6.79. The molecule has 0 spiro atoms. The van der Waals surface area contributed by atoms with E-state index in [2.05, 4.69) is 43.0 Å². The van der Waals surface area contributed by atoms with Crippen LogP contribution in [0.25, 0.3) is 0 Å². The molecular formula is C14H22OS. The lowest BCUT2D eigenvalue weighted by atomic mass is 10.1. The first kappa shape index (κ1) is 13.6. The van der Waals surface area contributed by atoms with E-state index in [-0.39, 0.29) is 0 Å². The normalized spacial score (nSPS) is 10.6.